The predicted octanol–water partition coefficient (Wildman–Crippen LogP) is 5.42. The number of unbranched alkanes of at least 4 members (excludes halogenated alkanes) is 1. The molecule has 1 aliphatic rings. The number of benzene rings is 2. The highest BCUT2D eigenvalue weighted by Gasteiger charge is 2.46. The third-order valence-electron chi connectivity index (χ3n) is 6.63. The first-order valence-electron chi connectivity index (χ1n) is 13.4. The summed E-state index contributed by atoms with van der Waals surface area (Å²) in [5.74, 6) is -0.130. The van der Waals surface area contributed by atoms with Crippen molar-refractivity contribution in [3.63, 3.8) is 0 Å². The maximum absolute atomic E-state index is 13.3. The highest BCUT2D eigenvalue weighted by Crippen LogP contribution is 2.40. The molecule has 37 heavy (non-hydrogen) atoms. The molecule has 2 aromatic rings. The van der Waals surface area contributed by atoms with Gasteiger partial charge in [0.1, 0.15) is 17.3 Å². The number of nitrogens with zero attached hydrogens (tertiary/aromatic N) is 2. The zero-order valence-corrected chi connectivity index (χ0v) is 22.5. The number of carbonyl (C=O) groups excluding carboxylic acids is 2. The van der Waals surface area contributed by atoms with Crippen LogP contribution in [0.15, 0.2) is 54.1 Å². The molecule has 1 N–H and O–H groups in total. The van der Waals surface area contributed by atoms with Gasteiger partial charge in [-0.05, 0) is 55.8 Å². The third-order valence-corrected chi connectivity index (χ3v) is 6.63. The number of likely N-dealkylation sites (tertiary alicyclic amines) is 1. The molecule has 1 fully saturated rings. The Labute approximate surface area is 220 Å². The first-order valence-corrected chi connectivity index (χ1v) is 13.4. The van der Waals surface area contributed by atoms with Gasteiger partial charge in [0.25, 0.3) is 11.7 Å². The number of rotatable bonds is 14. The van der Waals surface area contributed by atoms with Gasteiger partial charge in [-0.2, -0.15) is 0 Å². The molecule has 200 valence electrons. The Morgan fingerprint density at radius 1 is 0.919 bits per heavy atom. The molecule has 0 saturated carbocycles. The van der Waals surface area contributed by atoms with E-state index in [0.717, 1.165) is 43.7 Å². The van der Waals surface area contributed by atoms with E-state index >= 15 is 0 Å². The van der Waals surface area contributed by atoms with E-state index in [1.165, 1.54) is 0 Å². The van der Waals surface area contributed by atoms with Gasteiger partial charge < -0.3 is 24.4 Å². The van der Waals surface area contributed by atoms with E-state index in [4.69, 9.17) is 9.47 Å². The Morgan fingerprint density at radius 2 is 1.62 bits per heavy atom. The lowest BCUT2D eigenvalue weighted by Gasteiger charge is -2.28. The summed E-state index contributed by atoms with van der Waals surface area (Å²) in [7, 11) is 0. The van der Waals surface area contributed by atoms with Crippen LogP contribution in [0.5, 0.6) is 11.5 Å². The number of ketones is 1. The quantitative estimate of drug-likeness (QED) is 0.159. The molecular formula is C30H40N2O5. The summed E-state index contributed by atoms with van der Waals surface area (Å²) in [6, 6.07) is 13.8. The van der Waals surface area contributed by atoms with Crippen molar-refractivity contribution in [2.24, 2.45) is 0 Å². The van der Waals surface area contributed by atoms with Crippen LogP contribution >= 0.6 is 0 Å². The molecule has 1 unspecified atom stereocenters. The van der Waals surface area contributed by atoms with Crippen molar-refractivity contribution in [2.75, 3.05) is 39.4 Å². The van der Waals surface area contributed by atoms with Crippen molar-refractivity contribution in [1.29, 1.82) is 0 Å². The molecule has 2 aromatic carbocycles. The molecule has 1 amide bonds. The molecule has 0 spiro atoms. The van der Waals surface area contributed by atoms with Crippen LogP contribution in [-0.2, 0) is 9.59 Å². The van der Waals surface area contributed by atoms with Gasteiger partial charge in [-0.15, -0.1) is 0 Å². The van der Waals surface area contributed by atoms with Crippen LogP contribution in [0.25, 0.3) is 5.76 Å². The normalized spacial score (nSPS) is 17.0. The Morgan fingerprint density at radius 3 is 2.27 bits per heavy atom. The highest BCUT2D eigenvalue weighted by molar-refractivity contribution is 6.46. The minimum atomic E-state index is -0.694. The Bertz CT molecular complexity index is 1080. The lowest BCUT2D eigenvalue weighted by atomic mass is 9.95. The summed E-state index contributed by atoms with van der Waals surface area (Å²) in [5.41, 5.74) is 1.29. The zero-order chi connectivity index (χ0) is 26.8. The van der Waals surface area contributed by atoms with Crippen molar-refractivity contribution in [2.45, 2.75) is 53.0 Å². The van der Waals surface area contributed by atoms with Gasteiger partial charge in [-0.1, -0.05) is 58.4 Å². The molecule has 1 atom stereocenters. The van der Waals surface area contributed by atoms with Gasteiger partial charge in [-0.25, -0.2) is 0 Å². The number of aliphatic hydroxyl groups excluding tert-OH is 1. The predicted molar refractivity (Wildman–Crippen MR) is 146 cm³/mol. The number of hydrogen-bond acceptors (Lipinski definition) is 6. The van der Waals surface area contributed by atoms with Crippen LogP contribution < -0.4 is 9.47 Å². The van der Waals surface area contributed by atoms with Crippen molar-refractivity contribution in [1.82, 2.24) is 9.80 Å². The number of carbonyl (C=O) groups is 2. The summed E-state index contributed by atoms with van der Waals surface area (Å²) in [4.78, 5) is 30.3. The minimum Gasteiger partial charge on any atom is -0.507 e. The molecule has 0 radical (unpaired) electrons. The number of Topliss-reactive ketones (excluding diaryl/α,β-unsaturated/α-hetero) is 1. The maximum atomic E-state index is 13.3. The van der Waals surface area contributed by atoms with E-state index < -0.39 is 17.7 Å². The molecule has 7 heteroatoms. The molecule has 3 rings (SSSR count). The Hall–Kier alpha value is -3.32. The summed E-state index contributed by atoms with van der Waals surface area (Å²) < 4.78 is 11.5. The van der Waals surface area contributed by atoms with Crippen LogP contribution in [-0.4, -0.2) is 66.0 Å². The molecule has 7 nitrogen and oxygen atoms in total. The number of likely N-dealkylation sites (N-methyl/N-ethyl adjacent to an activating group) is 1. The van der Waals surface area contributed by atoms with Crippen molar-refractivity contribution < 1.29 is 24.2 Å². The number of amides is 1. The topological polar surface area (TPSA) is 79.3 Å². The van der Waals surface area contributed by atoms with E-state index in [1.54, 1.807) is 23.1 Å². The van der Waals surface area contributed by atoms with Gasteiger partial charge in [0.2, 0.25) is 0 Å². The largest absolute Gasteiger partial charge is 0.507 e. The second kappa shape index (κ2) is 13.8. The fourth-order valence-corrected chi connectivity index (χ4v) is 4.44. The maximum Gasteiger partial charge on any atom is 0.295 e. The zero-order valence-electron chi connectivity index (χ0n) is 22.5. The van der Waals surface area contributed by atoms with Crippen molar-refractivity contribution >= 4 is 17.4 Å². The van der Waals surface area contributed by atoms with E-state index in [9.17, 15) is 14.7 Å². The SMILES string of the molecule is CCCCOc1ccc(C2/C(=C(\O)c3cccc(OCCC)c3)C(=O)C(=O)N2CCN(CC)CC)cc1. The lowest BCUT2D eigenvalue weighted by molar-refractivity contribution is -0.140. The number of hydrogen-bond donors (Lipinski definition) is 1. The number of aliphatic hydroxyl groups is 1. The summed E-state index contributed by atoms with van der Waals surface area (Å²) >= 11 is 0. The monoisotopic (exact) mass is 508 g/mol. The first-order chi connectivity index (χ1) is 17.9. The highest BCUT2D eigenvalue weighted by atomic mass is 16.5. The van der Waals surface area contributed by atoms with Gasteiger partial charge in [0, 0.05) is 18.7 Å². The Balaban J connectivity index is 2.02. The lowest BCUT2D eigenvalue weighted by Crippen LogP contribution is -2.38. The third kappa shape index (κ3) is 6.92. The smallest absolute Gasteiger partial charge is 0.295 e. The molecule has 1 saturated heterocycles. The van der Waals surface area contributed by atoms with Crippen molar-refractivity contribution in [3.05, 3.63) is 65.2 Å². The summed E-state index contributed by atoms with van der Waals surface area (Å²) in [5, 5.41) is 11.4. The van der Waals surface area contributed by atoms with E-state index in [2.05, 4.69) is 25.7 Å². The van der Waals surface area contributed by atoms with Crippen LogP contribution in [0.1, 0.15) is 64.1 Å². The second-order valence-electron chi connectivity index (χ2n) is 9.17. The molecular weight excluding hydrogens is 468 g/mol. The molecule has 0 bridgehead atoms. The fourth-order valence-electron chi connectivity index (χ4n) is 4.44. The van der Waals surface area contributed by atoms with Gasteiger partial charge in [-0.3, -0.25) is 9.59 Å². The van der Waals surface area contributed by atoms with Gasteiger partial charge in [0.15, 0.2) is 0 Å². The average Bonchev–Trinajstić information content (AvgIpc) is 3.17. The van der Waals surface area contributed by atoms with Gasteiger partial charge >= 0.3 is 0 Å². The molecule has 0 aliphatic carbocycles. The summed E-state index contributed by atoms with van der Waals surface area (Å²) in [6.07, 6.45) is 2.87. The number of ether oxygens (including phenoxy) is 2. The molecule has 1 heterocycles. The Kier molecular flexibility index (Phi) is 10.6. The van der Waals surface area contributed by atoms with Crippen LogP contribution in [0.4, 0.5) is 0 Å². The molecule has 1 aliphatic heterocycles. The van der Waals surface area contributed by atoms with Gasteiger partial charge in [0.05, 0.1) is 24.8 Å². The van der Waals surface area contributed by atoms with E-state index in [1.807, 2.05) is 37.3 Å². The van der Waals surface area contributed by atoms with Crippen LogP contribution in [0.2, 0.25) is 0 Å². The minimum absolute atomic E-state index is 0.0943. The van der Waals surface area contributed by atoms with Crippen LogP contribution in [0, 0.1) is 0 Å². The average molecular weight is 509 g/mol. The first kappa shape index (κ1) is 28.3. The standard InChI is InChI=1S/C30H40N2O5/c1-5-9-20-37-24-15-13-22(14-16-24)27-26(28(33)23-11-10-12-25(21-23)36-19-6-2)29(34)30(35)32(27)18-17-31(7-3)8-4/h10-16,21,27,33H,5-9,17-20H2,1-4H3/b28-26+. The summed E-state index contributed by atoms with van der Waals surface area (Å²) in [6.45, 7) is 12.2. The van der Waals surface area contributed by atoms with Crippen LogP contribution in [0.3, 0.4) is 0 Å². The second-order valence-corrected chi connectivity index (χ2v) is 9.17. The fraction of sp³-hybridized carbons (Fsp3) is 0.467. The van der Waals surface area contributed by atoms with Crippen molar-refractivity contribution in [3.8, 4) is 11.5 Å². The van der Waals surface area contributed by atoms with E-state index in [0.29, 0.717) is 37.6 Å². The molecule has 0 aromatic heterocycles. The van der Waals surface area contributed by atoms with E-state index in [-0.39, 0.29) is 11.3 Å².